The van der Waals surface area contributed by atoms with Gasteiger partial charge in [0.15, 0.2) is 0 Å². The van der Waals surface area contributed by atoms with Crippen molar-refractivity contribution in [3.63, 3.8) is 0 Å². The number of fused-ring (bicyclic) bond motifs is 1. The molecule has 0 aliphatic carbocycles. The summed E-state index contributed by atoms with van der Waals surface area (Å²) >= 11 is 7.63. The van der Waals surface area contributed by atoms with Crippen LogP contribution in [0.15, 0.2) is 23.6 Å². The van der Waals surface area contributed by atoms with Crippen molar-refractivity contribution in [1.29, 1.82) is 0 Å². The van der Waals surface area contributed by atoms with Crippen LogP contribution in [0.3, 0.4) is 0 Å². The molecule has 0 saturated carbocycles. The SMILES string of the molecule is C[C@@H](CCNC(=O)Cc1csc2ccc(Cl)cc12)[S@](C)=O. The van der Waals surface area contributed by atoms with Gasteiger partial charge in [-0.3, -0.25) is 9.00 Å². The molecule has 1 N–H and O–H groups in total. The first-order chi connectivity index (χ1) is 9.97. The highest BCUT2D eigenvalue weighted by molar-refractivity contribution is 7.84. The van der Waals surface area contributed by atoms with Gasteiger partial charge in [-0.25, -0.2) is 0 Å². The third-order valence-corrected chi connectivity index (χ3v) is 6.02. The third kappa shape index (κ3) is 4.53. The standard InChI is InChI=1S/C15H18ClNO2S2/c1-10(21(2)19)5-6-17-15(18)7-11-9-20-14-4-3-12(16)8-13(11)14/h3-4,8-10H,5-7H2,1-2H3,(H,17,18)/t10-,21-/m0/s1. The highest BCUT2D eigenvalue weighted by Gasteiger charge is 2.11. The van der Waals surface area contributed by atoms with Crippen LogP contribution in [-0.4, -0.2) is 28.2 Å². The van der Waals surface area contributed by atoms with E-state index in [-0.39, 0.29) is 11.2 Å². The van der Waals surface area contributed by atoms with E-state index in [1.54, 1.807) is 17.6 Å². The van der Waals surface area contributed by atoms with Crippen LogP contribution in [0.5, 0.6) is 0 Å². The number of halogens is 1. The van der Waals surface area contributed by atoms with Crippen molar-refractivity contribution in [2.24, 2.45) is 0 Å². The Kier molecular flexibility index (Phi) is 5.79. The monoisotopic (exact) mass is 343 g/mol. The maximum atomic E-state index is 12.0. The number of amides is 1. The Labute approximate surface area is 136 Å². The number of thiophene rings is 1. The topological polar surface area (TPSA) is 46.2 Å². The average Bonchev–Trinajstić information content (AvgIpc) is 2.81. The maximum Gasteiger partial charge on any atom is 0.224 e. The van der Waals surface area contributed by atoms with E-state index < -0.39 is 10.8 Å². The molecular formula is C15H18ClNO2S2. The number of rotatable bonds is 6. The zero-order chi connectivity index (χ0) is 15.4. The summed E-state index contributed by atoms with van der Waals surface area (Å²) in [5.74, 6) is -0.0104. The van der Waals surface area contributed by atoms with Gasteiger partial charge in [-0.15, -0.1) is 11.3 Å². The first-order valence-electron chi connectivity index (χ1n) is 6.72. The van der Waals surface area contributed by atoms with E-state index in [0.717, 1.165) is 22.1 Å². The quantitative estimate of drug-likeness (QED) is 0.874. The summed E-state index contributed by atoms with van der Waals surface area (Å²) in [6, 6.07) is 5.73. The van der Waals surface area contributed by atoms with Crippen LogP contribution in [0.25, 0.3) is 10.1 Å². The molecule has 1 amide bonds. The Bertz CT molecular complexity index is 669. The zero-order valence-corrected chi connectivity index (χ0v) is 14.4. The van der Waals surface area contributed by atoms with Crippen molar-refractivity contribution in [2.45, 2.75) is 25.0 Å². The Balaban J connectivity index is 1.92. The highest BCUT2D eigenvalue weighted by Crippen LogP contribution is 2.28. The highest BCUT2D eigenvalue weighted by atomic mass is 35.5. The van der Waals surface area contributed by atoms with E-state index in [0.29, 0.717) is 18.0 Å². The molecule has 0 aliphatic heterocycles. The summed E-state index contributed by atoms with van der Waals surface area (Å²) < 4.78 is 12.4. The molecule has 0 fully saturated rings. The molecule has 0 saturated heterocycles. The van der Waals surface area contributed by atoms with E-state index >= 15 is 0 Å². The van der Waals surface area contributed by atoms with Crippen molar-refractivity contribution in [1.82, 2.24) is 5.32 Å². The van der Waals surface area contributed by atoms with E-state index in [4.69, 9.17) is 11.6 Å². The summed E-state index contributed by atoms with van der Waals surface area (Å²) in [7, 11) is -0.842. The number of nitrogens with one attached hydrogen (secondary N) is 1. The Morgan fingerprint density at radius 1 is 1.48 bits per heavy atom. The summed E-state index contributed by atoms with van der Waals surface area (Å²) in [4.78, 5) is 12.0. The van der Waals surface area contributed by atoms with Crippen molar-refractivity contribution < 1.29 is 9.00 Å². The van der Waals surface area contributed by atoms with Crippen LogP contribution in [0.2, 0.25) is 5.02 Å². The molecule has 0 unspecified atom stereocenters. The molecule has 0 bridgehead atoms. The second kappa shape index (κ2) is 7.38. The van der Waals surface area contributed by atoms with Crippen molar-refractivity contribution in [3.05, 3.63) is 34.2 Å². The number of hydrogen-bond acceptors (Lipinski definition) is 3. The van der Waals surface area contributed by atoms with Crippen molar-refractivity contribution >= 4 is 49.7 Å². The zero-order valence-electron chi connectivity index (χ0n) is 12.0. The molecule has 114 valence electrons. The summed E-state index contributed by atoms with van der Waals surface area (Å²) in [5.41, 5.74) is 1.00. The maximum absolute atomic E-state index is 12.0. The molecule has 0 radical (unpaired) electrons. The minimum absolute atomic E-state index is 0.0104. The second-order valence-electron chi connectivity index (χ2n) is 5.03. The molecule has 2 aromatic rings. The number of benzene rings is 1. The molecule has 21 heavy (non-hydrogen) atoms. The smallest absolute Gasteiger partial charge is 0.224 e. The lowest BCUT2D eigenvalue weighted by atomic mass is 10.1. The fourth-order valence-corrected chi connectivity index (χ4v) is 3.57. The fraction of sp³-hybridized carbons (Fsp3) is 0.400. The average molecular weight is 344 g/mol. The molecule has 2 rings (SSSR count). The van der Waals surface area contributed by atoms with Gasteiger partial charge >= 0.3 is 0 Å². The largest absolute Gasteiger partial charge is 0.356 e. The number of hydrogen-bond donors (Lipinski definition) is 1. The summed E-state index contributed by atoms with van der Waals surface area (Å²) in [6.07, 6.45) is 2.77. The minimum Gasteiger partial charge on any atom is -0.356 e. The predicted octanol–water partition coefficient (Wildman–Crippen LogP) is 3.37. The Hall–Kier alpha value is -0.910. The number of carbonyl (C=O) groups excluding carboxylic acids is 1. The van der Waals surface area contributed by atoms with Gasteiger partial charge in [-0.1, -0.05) is 18.5 Å². The van der Waals surface area contributed by atoms with Gasteiger partial charge in [0.2, 0.25) is 5.91 Å². The fourth-order valence-electron chi connectivity index (χ4n) is 2.01. The van der Waals surface area contributed by atoms with Gasteiger partial charge in [0, 0.05) is 38.6 Å². The van der Waals surface area contributed by atoms with Gasteiger partial charge in [0.1, 0.15) is 0 Å². The van der Waals surface area contributed by atoms with Crippen LogP contribution in [-0.2, 0) is 22.0 Å². The molecule has 2 atom stereocenters. The first-order valence-corrected chi connectivity index (χ1v) is 9.60. The molecule has 1 heterocycles. The number of carbonyl (C=O) groups is 1. The van der Waals surface area contributed by atoms with Gasteiger partial charge < -0.3 is 5.32 Å². The van der Waals surface area contributed by atoms with Crippen LogP contribution in [0, 0.1) is 0 Å². The van der Waals surface area contributed by atoms with E-state index in [2.05, 4.69) is 5.32 Å². The van der Waals surface area contributed by atoms with Crippen molar-refractivity contribution in [3.8, 4) is 0 Å². The molecule has 6 heteroatoms. The predicted molar refractivity (Wildman–Crippen MR) is 91.7 cm³/mol. The Morgan fingerprint density at radius 2 is 2.24 bits per heavy atom. The van der Waals surface area contributed by atoms with Gasteiger partial charge in [0.05, 0.1) is 6.42 Å². The Morgan fingerprint density at radius 3 is 2.95 bits per heavy atom. The molecule has 1 aromatic heterocycles. The van der Waals surface area contributed by atoms with Gasteiger partial charge in [-0.2, -0.15) is 0 Å². The lowest BCUT2D eigenvalue weighted by Gasteiger charge is -2.09. The minimum atomic E-state index is -0.842. The lowest BCUT2D eigenvalue weighted by Crippen LogP contribution is -2.28. The van der Waals surface area contributed by atoms with Gasteiger partial charge in [0.25, 0.3) is 0 Å². The van der Waals surface area contributed by atoms with Crippen LogP contribution in [0.4, 0.5) is 0 Å². The van der Waals surface area contributed by atoms with E-state index in [1.165, 1.54) is 0 Å². The summed E-state index contributed by atoms with van der Waals surface area (Å²) in [5, 5.41) is 6.72. The van der Waals surface area contributed by atoms with Crippen LogP contribution < -0.4 is 5.32 Å². The molecule has 3 nitrogen and oxygen atoms in total. The molecule has 1 aromatic carbocycles. The summed E-state index contributed by atoms with van der Waals surface area (Å²) in [6.45, 7) is 2.49. The molecule has 0 aliphatic rings. The van der Waals surface area contributed by atoms with E-state index in [1.807, 2.05) is 30.5 Å². The second-order valence-corrected chi connectivity index (χ2v) is 8.18. The van der Waals surface area contributed by atoms with Crippen LogP contribution >= 0.6 is 22.9 Å². The normalized spacial score (nSPS) is 14.0. The van der Waals surface area contributed by atoms with Crippen molar-refractivity contribution in [2.75, 3.05) is 12.8 Å². The lowest BCUT2D eigenvalue weighted by molar-refractivity contribution is -0.120. The first kappa shape index (κ1) is 16.5. The molecule has 0 spiro atoms. The van der Waals surface area contributed by atoms with E-state index in [9.17, 15) is 9.00 Å². The third-order valence-electron chi connectivity index (χ3n) is 3.41. The van der Waals surface area contributed by atoms with Crippen LogP contribution in [0.1, 0.15) is 18.9 Å². The molecular weight excluding hydrogens is 326 g/mol. The van der Waals surface area contributed by atoms with Gasteiger partial charge in [-0.05, 0) is 40.9 Å².